The van der Waals surface area contributed by atoms with Gasteiger partial charge in [0.2, 0.25) is 0 Å². The van der Waals surface area contributed by atoms with Crippen molar-refractivity contribution in [1.29, 1.82) is 0 Å². The Morgan fingerprint density at radius 1 is 0.274 bits per heavy atom. The van der Waals surface area contributed by atoms with Crippen LogP contribution in [0.25, 0.3) is 111 Å². The zero-order valence-electron chi connectivity index (χ0n) is 33.9. The molecule has 0 aliphatic heterocycles. The van der Waals surface area contributed by atoms with Crippen LogP contribution in [0.1, 0.15) is 0 Å². The van der Waals surface area contributed by atoms with E-state index >= 15 is 0 Å². The fourth-order valence-corrected chi connectivity index (χ4v) is 9.39. The number of hydrogen-bond acceptors (Lipinski definition) is 1. The maximum absolute atomic E-state index is 5.52. The lowest BCUT2D eigenvalue weighted by molar-refractivity contribution is 1.08. The second-order valence-electron chi connectivity index (χ2n) is 16.0. The molecule has 0 aliphatic rings. The monoisotopic (exact) mass is 789 g/mol. The van der Waals surface area contributed by atoms with Crippen LogP contribution in [0.3, 0.4) is 0 Å². The Hall–Kier alpha value is -8.27. The first kappa shape index (κ1) is 35.7. The standard InChI is InChI=1S/C59H39N3/c1-6-18-40(19-7-1)46-36-50(42-22-10-3-11-23-42)59-53(37-46)52-35-45(44-30-32-56-51(34-44)49-28-16-17-29-55(49)61(56)48-26-14-5-15-27-48)31-33-57(52)62(59)58-39-47(41-20-8-2-9-21-41)38-54(60-58)43-24-12-4-13-25-43/h1-39H. The van der Waals surface area contributed by atoms with Crippen LogP contribution in [0.2, 0.25) is 0 Å². The van der Waals surface area contributed by atoms with Crippen molar-refractivity contribution in [3.63, 3.8) is 0 Å². The first-order valence-electron chi connectivity index (χ1n) is 21.2. The van der Waals surface area contributed by atoms with Gasteiger partial charge in [-0.3, -0.25) is 4.57 Å². The number of hydrogen-bond donors (Lipinski definition) is 0. The van der Waals surface area contributed by atoms with E-state index in [0.29, 0.717) is 0 Å². The summed E-state index contributed by atoms with van der Waals surface area (Å²) >= 11 is 0. The zero-order valence-corrected chi connectivity index (χ0v) is 33.9. The Morgan fingerprint density at radius 2 is 0.742 bits per heavy atom. The van der Waals surface area contributed by atoms with Crippen LogP contribution in [0, 0.1) is 0 Å². The highest BCUT2D eigenvalue weighted by atomic mass is 15.1. The molecule has 3 heterocycles. The second kappa shape index (κ2) is 14.8. The summed E-state index contributed by atoms with van der Waals surface area (Å²) in [6.07, 6.45) is 0. The van der Waals surface area contributed by atoms with Crippen LogP contribution < -0.4 is 0 Å². The average molecular weight is 790 g/mol. The summed E-state index contributed by atoms with van der Waals surface area (Å²) in [5, 5.41) is 4.83. The van der Waals surface area contributed by atoms with Crippen LogP contribution in [-0.2, 0) is 0 Å². The van der Waals surface area contributed by atoms with Gasteiger partial charge < -0.3 is 4.57 Å². The van der Waals surface area contributed by atoms with Gasteiger partial charge in [-0.1, -0.05) is 170 Å². The number of benzene rings is 9. The predicted molar refractivity (Wildman–Crippen MR) is 260 cm³/mol. The largest absolute Gasteiger partial charge is 0.309 e. The van der Waals surface area contributed by atoms with Crippen LogP contribution in [0.15, 0.2) is 237 Å². The van der Waals surface area contributed by atoms with Crippen molar-refractivity contribution < 1.29 is 0 Å². The molecule has 12 rings (SSSR count). The highest BCUT2D eigenvalue weighted by molar-refractivity contribution is 6.16. The van der Waals surface area contributed by atoms with Gasteiger partial charge in [0.25, 0.3) is 0 Å². The van der Waals surface area contributed by atoms with Gasteiger partial charge in [-0.25, -0.2) is 4.98 Å². The SMILES string of the molecule is c1ccc(-c2cc(-c3ccccc3)nc(-n3c4ccc(-c5ccc6c(c5)c5ccccc5n6-c5ccccc5)cc4c4cc(-c5ccccc5)cc(-c5ccccc5)c43)c2)cc1. The molecule has 0 bridgehead atoms. The van der Waals surface area contributed by atoms with Gasteiger partial charge in [0.05, 0.1) is 27.8 Å². The van der Waals surface area contributed by atoms with Crippen molar-refractivity contribution in [2.75, 3.05) is 0 Å². The third-order valence-corrected chi connectivity index (χ3v) is 12.3. The molecule has 0 fully saturated rings. The lowest BCUT2D eigenvalue weighted by Gasteiger charge is -2.15. The average Bonchev–Trinajstić information content (AvgIpc) is 3.87. The maximum Gasteiger partial charge on any atom is 0.138 e. The maximum atomic E-state index is 5.52. The minimum absolute atomic E-state index is 0.873. The van der Waals surface area contributed by atoms with Crippen LogP contribution in [-0.4, -0.2) is 14.1 Å². The second-order valence-corrected chi connectivity index (χ2v) is 16.0. The molecule has 0 saturated heterocycles. The Kier molecular flexibility index (Phi) is 8.50. The molecule has 3 heteroatoms. The van der Waals surface area contributed by atoms with E-state index in [4.69, 9.17) is 4.98 Å². The molecule has 0 radical (unpaired) electrons. The van der Waals surface area contributed by atoms with E-state index in [0.717, 1.165) is 61.6 Å². The number of rotatable bonds is 7. The van der Waals surface area contributed by atoms with Gasteiger partial charge in [0.1, 0.15) is 5.82 Å². The summed E-state index contributed by atoms with van der Waals surface area (Å²) in [4.78, 5) is 5.52. The van der Waals surface area contributed by atoms with Crippen LogP contribution in [0.4, 0.5) is 0 Å². The summed E-state index contributed by atoms with van der Waals surface area (Å²) in [5.41, 5.74) is 17.1. The highest BCUT2D eigenvalue weighted by Gasteiger charge is 2.22. The van der Waals surface area contributed by atoms with E-state index < -0.39 is 0 Å². The van der Waals surface area contributed by atoms with Gasteiger partial charge in [-0.2, -0.15) is 0 Å². The Balaban J connectivity index is 1.16. The predicted octanol–water partition coefficient (Wildman–Crippen LogP) is 15.6. The topological polar surface area (TPSA) is 22.8 Å². The molecule has 3 nitrogen and oxygen atoms in total. The molecular formula is C59H39N3. The van der Waals surface area contributed by atoms with Gasteiger partial charge in [-0.15, -0.1) is 0 Å². The lowest BCUT2D eigenvalue weighted by Crippen LogP contribution is -2.01. The summed E-state index contributed by atoms with van der Waals surface area (Å²) in [6, 6.07) is 85.3. The third kappa shape index (κ3) is 6.02. The Labute approximate surface area is 360 Å². The van der Waals surface area contributed by atoms with E-state index in [2.05, 4.69) is 246 Å². The first-order chi connectivity index (χ1) is 30.7. The lowest BCUT2D eigenvalue weighted by atomic mass is 9.95. The summed E-state index contributed by atoms with van der Waals surface area (Å²) in [5.74, 6) is 0.873. The normalized spacial score (nSPS) is 11.5. The Bertz CT molecular complexity index is 3530. The van der Waals surface area contributed by atoms with E-state index in [1.165, 1.54) is 49.3 Å². The molecular weight excluding hydrogens is 751 g/mol. The molecule has 0 saturated carbocycles. The molecule has 0 spiro atoms. The minimum Gasteiger partial charge on any atom is -0.309 e. The summed E-state index contributed by atoms with van der Waals surface area (Å²) in [6.45, 7) is 0. The van der Waals surface area contributed by atoms with Gasteiger partial charge in [0.15, 0.2) is 0 Å². The van der Waals surface area contributed by atoms with Gasteiger partial charge in [0, 0.05) is 38.4 Å². The quantitative estimate of drug-likeness (QED) is 0.158. The molecule has 0 unspecified atom stereocenters. The van der Waals surface area contributed by atoms with Crippen LogP contribution in [0.5, 0.6) is 0 Å². The molecule has 12 aromatic rings. The summed E-state index contributed by atoms with van der Waals surface area (Å²) < 4.78 is 4.78. The summed E-state index contributed by atoms with van der Waals surface area (Å²) in [7, 11) is 0. The number of aromatic nitrogens is 3. The molecule has 62 heavy (non-hydrogen) atoms. The van der Waals surface area contributed by atoms with E-state index in [1.54, 1.807) is 0 Å². The van der Waals surface area contributed by atoms with Crippen molar-refractivity contribution >= 4 is 43.6 Å². The molecule has 0 amide bonds. The number of nitrogens with zero attached hydrogens (tertiary/aromatic N) is 3. The minimum atomic E-state index is 0.873. The van der Waals surface area contributed by atoms with Crippen molar-refractivity contribution in [3.05, 3.63) is 237 Å². The number of fused-ring (bicyclic) bond motifs is 6. The molecule has 0 N–H and O–H groups in total. The van der Waals surface area contributed by atoms with E-state index in [9.17, 15) is 0 Å². The van der Waals surface area contributed by atoms with Crippen molar-refractivity contribution in [3.8, 4) is 67.3 Å². The fourth-order valence-electron chi connectivity index (χ4n) is 9.39. The first-order valence-corrected chi connectivity index (χ1v) is 21.2. The van der Waals surface area contributed by atoms with E-state index in [1.807, 2.05) is 0 Å². The molecule has 290 valence electrons. The van der Waals surface area contributed by atoms with E-state index in [-0.39, 0.29) is 0 Å². The molecule has 3 aromatic heterocycles. The fraction of sp³-hybridized carbons (Fsp3) is 0. The van der Waals surface area contributed by atoms with Gasteiger partial charge >= 0.3 is 0 Å². The zero-order chi connectivity index (χ0) is 41.0. The third-order valence-electron chi connectivity index (χ3n) is 12.3. The molecule has 9 aromatic carbocycles. The molecule has 0 atom stereocenters. The molecule has 0 aliphatic carbocycles. The van der Waals surface area contributed by atoms with Crippen molar-refractivity contribution in [1.82, 2.24) is 14.1 Å². The van der Waals surface area contributed by atoms with Crippen molar-refractivity contribution in [2.24, 2.45) is 0 Å². The van der Waals surface area contributed by atoms with Crippen LogP contribution >= 0.6 is 0 Å². The van der Waals surface area contributed by atoms with Crippen molar-refractivity contribution in [2.45, 2.75) is 0 Å². The Morgan fingerprint density at radius 3 is 1.37 bits per heavy atom. The highest BCUT2D eigenvalue weighted by Crippen LogP contribution is 2.44. The van der Waals surface area contributed by atoms with Gasteiger partial charge in [-0.05, 0) is 106 Å². The smallest absolute Gasteiger partial charge is 0.138 e. The number of pyridine rings is 1. The number of para-hydroxylation sites is 2.